The molecule has 0 atom stereocenters. The fraction of sp³-hybridized carbons (Fsp3) is 0.138. The van der Waals surface area contributed by atoms with E-state index in [1.807, 2.05) is 18.2 Å². The molecule has 31 heavy (non-hydrogen) atoms. The summed E-state index contributed by atoms with van der Waals surface area (Å²) in [6.07, 6.45) is 0. The van der Waals surface area contributed by atoms with E-state index in [1.165, 1.54) is 44.3 Å². The van der Waals surface area contributed by atoms with E-state index in [4.69, 9.17) is 0 Å². The SMILES string of the molecule is Cn1c2ccc(C#N)cc2c2cc(-c3ccc4c(c3)C(C)(C)c3ccccc3-4)ccc21. The normalized spacial score (nSPS) is 13.9. The Labute approximate surface area is 182 Å². The van der Waals surface area contributed by atoms with Gasteiger partial charge in [-0.05, 0) is 69.8 Å². The number of aryl methyl sites for hydroxylation is 1. The van der Waals surface area contributed by atoms with Gasteiger partial charge < -0.3 is 4.57 Å². The van der Waals surface area contributed by atoms with Crippen LogP contribution in [0.25, 0.3) is 44.1 Å². The summed E-state index contributed by atoms with van der Waals surface area (Å²) in [6, 6.07) is 30.5. The molecule has 0 saturated heterocycles. The molecule has 148 valence electrons. The summed E-state index contributed by atoms with van der Waals surface area (Å²) in [4.78, 5) is 0. The van der Waals surface area contributed by atoms with Crippen molar-refractivity contribution in [3.8, 4) is 28.3 Å². The van der Waals surface area contributed by atoms with Gasteiger partial charge in [0.15, 0.2) is 0 Å². The largest absolute Gasteiger partial charge is 0.344 e. The van der Waals surface area contributed by atoms with Crippen molar-refractivity contribution in [1.29, 1.82) is 5.26 Å². The van der Waals surface area contributed by atoms with Gasteiger partial charge in [0.25, 0.3) is 0 Å². The van der Waals surface area contributed by atoms with Crippen LogP contribution in [0.1, 0.15) is 30.5 Å². The molecule has 1 aliphatic carbocycles. The molecule has 0 fully saturated rings. The minimum atomic E-state index is -0.00677. The third-order valence-electron chi connectivity index (χ3n) is 7.05. The summed E-state index contributed by atoms with van der Waals surface area (Å²) in [6.45, 7) is 4.64. The molecule has 0 spiro atoms. The van der Waals surface area contributed by atoms with Crippen LogP contribution in [0.4, 0.5) is 0 Å². The van der Waals surface area contributed by atoms with E-state index in [1.54, 1.807) is 0 Å². The standard InChI is InChI=1S/C29H22N2/c1-29(2)25-7-5-4-6-21(25)22-11-9-20(16-26(22)29)19-10-13-28-24(15-19)23-14-18(17-30)8-12-27(23)31(28)3/h4-16H,1-3H3. The number of nitriles is 1. The Morgan fingerprint density at radius 3 is 2.16 bits per heavy atom. The molecule has 0 radical (unpaired) electrons. The summed E-state index contributed by atoms with van der Waals surface area (Å²) in [5, 5.41) is 11.7. The van der Waals surface area contributed by atoms with Crippen LogP contribution >= 0.6 is 0 Å². The van der Waals surface area contributed by atoms with E-state index >= 15 is 0 Å². The Bertz CT molecular complexity index is 1570. The first-order chi connectivity index (χ1) is 15.0. The number of rotatable bonds is 1. The highest BCUT2D eigenvalue weighted by atomic mass is 14.9. The first-order valence-electron chi connectivity index (χ1n) is 10.7. The van der Waals surface area contributed by atoms with Crippen LogP contribution in [0.15, 0.2) is 78.9 Å². The fourth-order valence-electron chi connectivity index (χ4n) is 5.35. The topological polar surface area (TPSA) is 28.7 Å². The molecule has 0 N–H and O–H groups in total. The molecule has 5 aromatic rings. The van der Waals surface area contributed by atoms with Gasteiger partial charge in [-0.25, -0.2) is 0 Å². The number of nitrogens with zero attached hydrogens (tertiary/aromatic N) is 2. The summed E-state index contributed by atoms with van der Waals surface area (Å²) < 4.78 is 2.21. The summed E-state index contributed by atoms with van der Waals surface area (Å²) in [7, 11) is 2.09. The van der Waals surface area contributed by atoms with E-state index in [0.29, 0.717) is 5.56 Å². The van der Waals surface area contributed by atoms with Crippen molar-refractivity contribution in [2.24, 2.45) is 7.05 Å². The zero-order valence-electron chi connectivity index (χ0n) is 17.9. The highest BCUT2D eigenvalue weighted by Gasteiger charge is 2.35. The predicted molar refractivity (Wildman–Crippen MR) is 128 cm³/mol. The van der Waals surface area contributed by atoms with Gasteiger partial charge in [-0.15, -0.1) is 0 Å². The van der Waals surface area contributed by atoms with E-state index in [2.05, 4.69) is 92.2 Å². The minimum absolute atomic E-state index is 0.00677. The van der Waals surface area contributed by atoms with Crippen molar-refractivity contribution in [2.75, 3.05) is 0 Å². The fourth-order valence-corrected chi connectivity index (χ4v) is 5.35. The Hall–Kier alpha value is -3.83. The lowest BCUT2D eigenvalue weighted by Crippen LogP contribution is -2.14. The lowest BCUT2D eigenvalue weighted by atomic mass is 9.81. The van der Waals surface area contributed by atoms with E-state index in [9.17, 15) is 5.26 Å². The van der Waals surface area contributed by atoms with Gasteiger partial charge >= 0.3 is 0 Å². The molecule has 0 saturated carbocycles. The Morgan fingerprint density at radius 2 is 1.35 bits per heavy atom. The summed E-state index contributed by atoms with van der Waals surface area (Å²) in [5.74, 6) is 0. The maximum absolute atomic E-state index is 9.36. The second-order valence-electron chi connectivity index (χ2n) is 9.07. The highest BCUT2D eigenvalue weighted by Crippen LogP contribution is 2.49. The molecule has 6 rings (SSSR count). The lowest BCUT2D eigenvalue weighted by Gasteiger charge is -2.22. The molecule has 0 aliphatic heterocycles. The molecular weight excluding hydrogens is 376 g/mol. The molecule has 4 aromatic carbocycles. The van der Waals surface area contributed by atoms with Gasteiger partial charge in [-0.2, -0.15) is 5.26 Å². The molecule has 0 amide bonds. The Kier molecular flexibility index (Phi) is 3.53. The van der Waals surface area contributed by atoms with Crippen molar-refractivity contribution in [3.63, 3.8) is 0 Å². The quantitative estimate of drug-likeness (QED) is 0.294. The monoisotopic (exact) mass is 398 g/mol. The number of hydrogen-bond acceptors (Lipinski definition) is 1. The average Bonchev–Trinajstić information content (AvgIpc) is 3.21. The number of benzene rings is 4. The Morgan fingerprint density at radius 1 is 0.710 bits per heavy atom. The molecule has 1 aromatic heterocycles. The van der Waals surface area contributed by atoms with E-state index < -0.39 is 0 Å². The summed E-state index contributed by atoms with van der Waals surface area (Å²) in [5.41, 5.74) is 10.9. The van der Waals surface area contributed by atoms with Crippen molar-refractivity contribution >= 4 is 21.8 Å². The third kappa shape index (κ3) is 2.38. The molecule has 0 unspecified atom stereocenters. The van der Waals surface area contributed by atoms with Crippen LogP contribution in [0.2, 0.25) is 0 Å². The maximum atomic E-state index is 9.36. The summed E-state index contributed by atoms with van der Waals surface area (Å²) >= 11 is 0. The van der Waals surface area contributed by atoms with Crippen LogP contribution in [-0.2, 0) is 12.5 Å². The number of aromatic nitrogens is 1. The molecule has 1 aliphatic rings. The van der Waals surface area contributed by atoms with Crippen LogP contribution in [0.3, 0.4) is 0 Å². The lowest BCUT2D eigenvalue weighted by molar-refractivity contribution is 0.660. The number of fused-ring (bicyclic) bond motifs is 6. The first kappa shape index (κ1) is 18.0. The molecule has 0 bridgehead atoms. The smallest absolute Gasteiger partial charge is 0.0991 e. The average molecular weight is 399 g/mol. The second kappa shape index (κ2) is 6.09. The molecule has 2 heteroatoms. The van der Waals surface area contributed by atoms with Crippen LogP contribution in [0.5, 0.6) is 0 Å². The molecular formula is C29H22N2. The molecule has 1 heterocycles. The van der Waals surface area contributed by atoms with Crippen LogP contribution in [0, 0.1) is 11.3 Å². The van der Waals surface area contributed by atoms with Gasteiger partial charge in [0.2, 0.25) is 0 Å². The van der Waals surface area contributed by atoms with Gasteiger partial charge in [0.05, 0.1) is 11.6 Å². The van der Waals surface area contributed by atoms with Crippen LogP contribution < -0.4 is 0 Å². The van der Waals surface area contributed by atoms with Gasteiger partial charge in [-0.3, -0.25) is 0 Å². The zero-order valence-corrected chi connectivity index (χ0v) is 17.9. The number of hydrogen-bond donors (Lipinski definition) is 0. The first-order valence-corrected chi connectivity index (χ1v) is 10.7. The van der Waals surface area contributed by atoms with Gasteiger partial charge in [-0.1, -0.05) is 56.3 Å². The predicted octanol–water partition coefficient (Wildman–Crippen LogP) is 7.18. The second-order valence-corrected chi connectivity index (χ2v) is 9.07. The van der Waals surface area contributed by atoms with E-state index in [-0.39, 0.29) is 5.41 Å². The van der Waals surface area contributed by atoms with Crippen LogP contribution in [-0.4, -0.2) is 4.57 Å². The van der Waals surface area contributed by atoms with Crippen molar-refractivity contribution in [2.45, 2.75) is 19.3 Å². The van der Waals surface area contributed by atoms with E-state index in [0.717, 1.165) is 10.9 Å². The third-order valence-corrected chi connectivity index (χ3v) is 7.05. The minimum Gasteiger partial charge on any atom is -0.344 e. The maximum Gasteiger partial charge on any atom is 0.0991 e. The zero-order chi connectivity index (χ0) is 21.3. The molecule has 2 nitrogen and oxygen atoms in total. The van der Waals surface area contributed by atoms with Crippen molar-refractivity contribution < 1.29 is 0 Å². The highest BCUT2D eigenvalue weighted by molar-refractivity contribution is 6.09. The van der Waals surface area contributed by atoms with Crippen molar-refractivity contribution in [1.82, 2.24) is 4.57 Å². The van der Waals surface area contributed by atoms with Gasteiger partial charge in [0.1, 0.15) is 0 Å². The van der Waals surface area contributed by atoms with Gasteiger partial charge in [0, 0.05) is 34.3 Å². The Balaban J connectivity index is 1.56. The van der Waals surface area contributed by atoms with Crippen molar-refractivity contribution in [3.05, 3.63) is 95.6 Å².